The van der Waals surface area contributed by atoms with E-state index in [1.165, 1.54) is 11.8 Å². The lowest BCUT2D eigenvalue weighted by molar-refractivity contribution is 0.265. The van der Waals surface area contributed by atoms with Crippen LogP contribution in [-0.2, 0) is 0 Å². The third-order valence-electron chi connectivity index (χ3n) is 2.84. The molecular formula is C11H11N3O2S. The maximum atomic E-state index is 11.3. The number of amides is 1. The van der Waals surface area contributed by atoms with Crippen molar-refractivity contribution in [2.75, 3.05) is 7.11 Å². The molecular weight excluding hydrogens is 238 g/mol. The zero-order valence-electron chi connectivity index (χ0n) is 9.14. The summed E-state index contributed by atoms with van der Waals surface area (Å²) in [6.45, 7) is 0. The third-order valence-corrected chi connectivity index (χ3v) is 3.90. The SMILES string of the molecule is COc1ccc(C2NN=C3NC(=O)SC32)cc1. The molecule has 6 heteroatoms. The Labute approximate surface area is 103 Å². The van der Waals surface area contributed by atoms with Crippen LogP contribution in [0.15, 0.2) is 29.4 Å². The van der Waals surface area contributed by atoms with E-state index < -0.39 is 0 Å². The molecule has 5 nitrogen and oxygen atoms in total. The lowest BCUT2D eigenvalue weighted by Crippen LogP contribution is -2.25. The van der Waals surface area contributed by atoms with Gasteiger partial charge in [0.05, 0.1) is 18.4 Å². The van der Waals surface area contributed by atoms with E-state index in [2.05, 4.69) is 15.8 Å². The van der Waals surface area contributed by atoms with Crippen LogP contribution in [0.1, 0.15) is 11.6 Å². The first kappa shape index (κ1) is 10.5. The fraction of sp³-hybridized carbons (Fsp3) is 0.273. The van der Waals surface area contributed by atoms with Crippen molar-refractivity contribution < 1.29 is 9.53 Å². The fourth-order valence-electron chi connectivity index (χ4n) is 1.96. The number of benzene rings is 1. The summed E-state index contributed by atoms with van der Waals surface area (Å²) in [6, 6.07) is 7.82. The predicted octanol–water partition coefficient (Wildman–Crippen LogP) is 1.48. The summed E-state index contributed by atoms with van der Waals surface area (Å²) in [4.78, 5) is 11.3. The molecule has 0 saturated carbocycles. The Kier molecular flexibility index (Phi) is 2.44. The van der Waals surface area contributed by atoms with Gasteiger partial charge in [-0.15, -0.1) is 0 Å². The van der Waals surface area contributed by atoms with Crippen LogP contribution in [-0.4, -0.2) is 23.4 Å². The maximum absolute atomic E-state index is 11.3. The van der Waals surface area contributed by atoms with E-state index in [1.807, 2.05) is 24.3 Å². The highest BCUT2D eigenvalue weighted by Gasteiger charge is 2.41. The number of amidine groups is 1. The lowest BCUT2D eigenvalue weighted by atomic mass is 10.0. The minimum Gasteiger partial charge on any atom is -0.497 e. The summed E-state index contributed by atoms with van der Waals surface area (Å²) in [6.07, 6.45) is 0. The van der Waals surface area contributed by atoms with Crippen LogP contribution in [0.5, 0.6) is 5.75 Å². The normalized spacial score (nSPS) is 25.9. The van der Waals surface area contributed by atoms with Gasteiger partial charge in [-0.3, -0.25) is 10.2 Å². The van der Waals surface area contributed by atoms with Gasteiger partial charge < -0.3 is 10.1 Å². The molecule has 2 atom stereocenters. The van der Waals surface area contributed by atoms with Crippen molar-refractivity contribution in [3.63, 3.8) is 0 Å². The van der Waals surface area contributed by atoms with Crippen molar-refractivity contribution in [2.45, 2.75) is 11.3 Å². The number of carbonyl (C=O) groups excluding carboxylic acids is 1. The molecule has 1 fully saturated rings. The molecule has 2 aliphatic heterocycles. The summed E-state index contributed by atoms with van der Waals surface area (Å²) in [7, 11) is 1.64. The zero-order chi connectivity index (χ0) is 11.8. The van der Waals surface area contributed by atoms with Crippen LogP contribution in [0.25, 0.3) is 0 Å². The Morgan fingerprint density at radius 1 is 1.35 bits per heavy atom. The Hall–Kier alpha value is -1.69. The van der Waals surface area contributed by atoms with Gasteiger partial charge in [0.25, 0.3) is 5.24 Å². The molecule has 0 spiro atoms. The van der Waals surface area contributed by atoms with Crippen molar-refractivity contribution in [3.8, 4) is 5.75 Å². The Bertz CT molecular complexity index is 486. The molecule has 17 heavy (non-hydrogen) atoms. The summed E-state index contributed by atoms with van der Waals surface area (Å²) >= 11 is 1.27. The van der Waals surface area contributed by atoms with Crippen LogP contribution in [0.2, 0.25) is 0 Å². The minimum absolute atomic E-state index is 0.0336. The van der Waals surface area contributed by atoms with Crippen LogP contribution in [0, 0.1) is 0 Å². The molecule has 1 amide bonds. The maximum Gasteiger partial charge on any atom is 0.285 e. The van der Waals surface area contributed by atoms with Crippen molar-refractivity contribution in [3.05, 3.63) is 29.8 Å². The van der Waals surface area contributed by atoms with Crippen LogP contribution in [0.3, 0.4) is 0 Å². The number of ether oxygens (including phenoxy) is 1. The number of hydrogen-bond donors (Lipinski definition) is 2. The number of methoxy groups -OCH3 is 1. The van der Waals surface area contributed by atoms with Gasteiger partial charge in [-0.25, -0.2) is 0 Å². The predicted molar refractivity (Wildman–Crippen MR) is 66.2 cm³/mol. The Balaban J connectivity index is 1.83. The van der Waals surface area contributed by atoms with Crippen LogP contribution >= 0.6 is 11.8 Å². The molecule has 0 aliphatic carbocycles. The average molecular weight is 249 g/mol. The Morgan fingerprint density at radius 2 is 2.12 bits per heavy atom. The molecule has 2 heterocycles. The van der Waals surface area contributed by atoms with Crippen molar-refractivity contribution in [1.82, 2.24) is 10.7 Å². The number of nitrogens with zero attached hydrogens (tertiary/aromatic N) is 1. The highest BCUT2D eigenvalue weighted by molar-refractivity contribution is 8.15. The fourth-order valence-corrected chi connectivity index (χ4v) is 2.93. The van der Waals surface area contributed by atoms with E-state index >= 15 is 0 Å². The molecule has 1 aromatic carbocycles. The van der Waals surface area contributed by atoms with Gasteiger partial charge in [0.2, 0.25) is 0 Å². The molecule has 2 aliphatic rings. The largest absolute Gasteiger partial charge is 0.497 e. The van der Waals surface area contributed by atoms with Gasteiger partial charge in [-0.1, -0.05) is 23.9 Å². The van der Waals surface area contributed by atoms with E-state index in [0.717, 1.165) is 17.1 Å². The number of thioether (sulfide) groups is 1. The lowest BCUT2D eigenvalue weighted by Gasteiger charge is -2.15. The number of hydrogen-bond acceptors (Lipinski definition) is 5. The van der Waals surface area contributed by atoms with Crippen molar-refractivity contribution in [2.24, 2.45) is 5.10 Å². The summed E-state index contributed by atoms with van der Waals surface area (Å²) in [5, 5.41) is 6.87. The molecule has 1 saturated heterocycles. The molecule has 1 aromatic rings. The second-order valence-corrected chi connectivity index (χ2v) is 4.94. The van der Waals surface area contributed by atoms with E-state index in [-0.39, 0.29) is 16.5 Å². The third kappa shape index (κ3) is 1.74. The summed E-state index contributed by atoms with van der Waals surface area (Å²) in [5.41, 5.74) is 4.14. The van der Waals surface area contributed by atoms with Gasteiger partial charge in [-0.2, -0.15) is 5.10 Å². The first-order chi connectivity index (χ1) is 8.28. The number of nitrogens with one attached hydrogen (secondary N) is 2. The van der Waals surface area contributed by atoms with Crippen molar-refractivity contribution >= 4 is 22.8 Å². The first-order valence-electron chi connectivity index (χ1n) is 5.22. The number of rotatable bonds is 2. The number of carbonyl (C=O) groups is 1. The molecule has 2 N–H and O–H groups in total. The molecule has 0 aromatic heterocycles. The highest BCUT2D eigenvalue weighted by atomic mass is 32.2. The van der Waals surface area contributed by atoms with E-state index in [1.54, 1.807) is 7.11 Å². The van der Waals surface area contributed by atoms with Crippen LogP contribution < -0.4 is 15.5 Å². The second-order valence-electron chi connectivity index (χ2n) is 3.83. The molecule has 0 bridgehead atoms. The van der Waals surface area contributed by atoms with Gasteiger partial charge >= 0.3 is 0 Å². The van der Waals surface area contributed by atoms with Gasteiger partial charge in [0.15, 0.2) is 0 Å². The highest BCUT2D eigenvalue weighted by Crippen LogP contribution is 2.35. The smallest absolute Gasteiger partial charge is 0.285 e. The molecule has 0 radical (unpaired) electrons. The Morgan fingerprint density at radius 3 is 2.82 bits per heavy atom. The quantitative estimate of drug-likeness (QED) is 0.833. The van der Waals surface area contributed by atoms with Gasteiger partial charge in [-0.05, 0) is 17.7 Å². The topological polar surface area (TPSA) is 62.7 Å². The summed E-state index contributed by atoms with van der Waals surface area (Å²) in [5.74, 6) is 1.54. The van der Waals surface area contributed by atoms with Crippen LogP contribution in [0.4, 0.5) is 4.79 Å². The number of fused-ring (bicyclic) bond motifs is 1. The molecule has 2 unspecified atom stereocenters. The zero-order valence-corrected chi connectivity index (χ0v) is 9.95. The van der Waals surface area contributed by atoms with E-state index in [9.17, 15) is 4.79 Å². The van der Waals surface area contributed by atoms with E-state index in [4.69, 9.17) is 4.74 Å². The standard InChI is InChI=1S/C11H11N3O2S/c1-16-7-4-2-6(3-5-7)8-9-10(14-13-8)12-11(15)17-9/h2-5,8-9,13H,1H3,(H,12,14,15). The monoisotopic (exact) mass is 249 g/mol. The second kappa shape index (κ2) is 3.96. The average Bonchev–Trinajstić information content (AvgIpc) is 2.88. The van der Waals surface area contributed by atoms with E-state index in [0.29, 0.717) is 0 Å². The first-order valence-corrected chi connectivity index (χ1v) is 6.10. The molecule has 3 rings (SSSR count). The van der Waals surface area contributed by atoms with Gasteiger partial charge in [0, 0.05) is 0 Å². The number of hydrazone groups is 1. The van der Waals surface area contributed by atoms with Crippen molar-refractivity contribution in [1.29, 1.82) is 0 Å². The van der Waals surface area contributed by atoms with Gasteiger partial charge in [0.1, 0.15) is 11.6 Å². The molecule has 88 valence electrons. The minimum atomic E-state index is -0.0336. The summed E-state index contributed by atoms with van der Waals surface area (Å²) < 4.78 is 5.11.